The molecular formula is C32H41NO9. The number of likely N-dealkylation sites (tertiary alicyclic amines) is 1. The van der Waals surface area contributed by atoms with E-state index in [9.17, 15) is 19.2 Å². The van der Waals surface area contributed by atoms with Crippen LogP contribution < -0.4 is 14.2 Å². The van der Waals surface area contributed by atoms with Gasteiger partial charge in [0.05, 0.1) is 14.2 Å². The van der Waals surface area contributed by atoms with Crippen LogP contribution in [-0.4, -0.2) is 67.0 Å². The predicted molar refractivity (Wildman–Crippen MR) is 155 cm³/mol. The highest BCUT2D eigenvalue weighted by Gasteiger charge is 2.41. The van der Waals surface area contributed by atoms with Gasteiger partial charge in [-0.15, -0.1) is 0 Å². The van der Waals surface area contributed by atoms with E-state index in [4.69, 9.17) is 24.1 Å². The van der Waals surface area contributed by atoms with Crippen molar-refractivity contribution in [3.05, 3.63) is 53.6 Å². The number of amides is 1. The molecule has 0 aromatic heterocycles. The molecule has 0 radical (unpaired) electrons. The second kappa shape index (κ2) is 14.7. The minimum atomic E-state index is -1.09. The fourth-order valence-corrected chi connectivity index (χ4v) is 4.77. The van der Waals surface area contributed by atoms with E-state index in [1.165, 1.54) is 4.90 Å². The molecule has 2 atom stereocenters. The summed E-state index contributed by atoms with van der Waals surface area (Å²) in [6.07, 6.45) is 2.63. The Morgan fingerprint density at radius 1 is 1.00 bits per heavy atom. The van der Waals surface area contributed by atoms with Crippen molar-refractivity contribution in [3.63, 3.8) is 0 Å². The second-order valence-electron chi connectivity index (χ2n) is 11.0. The molecule has 10 nitrogen and oxygen atoms in total. The molecule has 0 bridgehead atoms. The first kappa shape index (κ1) is 32.4. The third-order valence-corrected chi connectivity index (χ3v) is 7.74. The molecule has 1 aliphatic heterocycles. The van der Waals surface area contributed by atoms with E-state index in [1.54, 1.807) is 52.3 Å². The van der Waals surface area contributed by atoms with Gasteiger partial charge < -0.3 is 29.0 Å². The Kier molecular flexibility index (Phi) is 11.4. The standard InChI is InChI=1S/C32H41NO9/c1-6-32(2,3)29(36)30(37)33-18-8-7-9-24(33)31(38)42-25(22-12-14-23(15-13-22)41-20-28(34)35)16-10-21-11-17-26(39-4)27(19-21)40-5/h11-15,17,19,24-25H,6-10,16,18,20H2,1-5H3,(H,34,35)/t24-,25+/m1/s1. The third-order valence-electron chi connectivity index (χ3n) is 7.74. The minimum absolute atomic E-state index is 0.316. The van der Waals surface area contributed by atoms with E-state index in [0.717, 1.165) is 12.0 Å². The van der Waals surface area contributed by atoms with E-state index < -0.39 is 47.8 Å². The third kappa shape index (κ3) is 8.24. The fourth-order valence-electron chi connectivity index (χ4n) is 4.77. The quantitative estimate of drug-likeness (QED) is 0.247. The summed E-state index contributed by atoms with van der Waals surface area (Å²) < 4.78 is 22.1. The maximum Gasteiger partial charge on any atom is 0.341 e. The first-order chi connectivity index (χ1) is 20.0. The number of benzene rings is 2. The van der Waals surface area contributed by atoms with Crippen LogP contribution in [-0.2, 0) is 30.3 Å². The molecule has 3 rings (SSSR count). The summed E-state index contributed by atoms with van der Waals surface area (Å²) in [5.41, 5.74) is 0.801. The van der Waals surface area contributed by atoms with Crippen LogP contribution in [0.1, 0.15) is 70.1 Å². The van der Waals surface area contributed by atoms with Gasteiger partial charge in [-0.1, -0.05) is 39.0 Å². The number of hydrogen-bond donors (Lipinski definition) is 1. The van der Waals surface area contributed by atoms with E-state index in [2.05, 4.69) is 0 Å². The Labute approximate surface area is 246 Å². The summed E-state index contributed by atoms with van der Waals surface area (Å²) >= 11 is 0. The Morgan fingerprint density at radius 3 is 2.31 bits per heavy atom. The molecule has 1 fully saturated rings. The topological polar surface area (TPSA) is 129 Å². The highest BCUT2D eigenvalue weighted by molar-refractivity contribution is 6.38. The van der Waals surface area contributed by atoms with Crippen LogP contribution in [0.5, 0.6) is 17.2 Å². The molecular weight excluding hydrogens is 542 g/mol. The zero-order valence-corrected chi connectivity index (χ0v) is 25.0. The largest absolute Gasteiger partial charge is 0.493 e. The lowest BCUT2D eigenvalue weighted by atomic mass is 9.84. The van der Waals surface area contributed by atoms with Crippen LogP contribution in [0.25, 0.3) is 0 Å². The number of methoxy groups -OCH3 is 2. The number of carboxylic acid groups (broad SMARTS) is 1. The smallest absolute Gasteiger partial charge is 0.341 e. The summed E-state index contributed by atoms with van der Waals surface area (Å²) in [6, 6.07) is 11.4. The molecule has 228 valence electrons. The number of carbonyl (C=O) groups is 4. The average molecular weight is 584 g/mol. The summed E-state index contributed by atoms with van der Waals surface area (Å²) in [5, 5.41) is 8.89. The number of ketones is 1. The van der Waals surface area contributed by atoms with Crippen LogP contribution in [0.3, 0.4) is 0 Å². The molecule has 1 saturated heterocycles. The molecule has 0 spiro atoms. The van der Waals surface area contributed by atoms with Crippen molar-refractivity contribution in [3.8, 4) is 17.2 Å². The Bertz CT molecular complexity index is 1260. The van der Waals surface area contributed by atoms with Gasteiger partial charge in [0.2, 0.25) is 5.78 Å². The first-order valence-corrected chi connectivity index (χ1v) is 14.2. The van der Waals surface area contributed by atoms with Crippen molar-refractivity contribution < 1.29 is 43.2 Å². The molecule has 1 N–H and O–H groups in total. The SMILES string of the molecule is CCC(C)(C)C(=O)C(=O)N1CCCC[C@@H]1C(=O)O[C@@H](CCc1ccc(OC)c(OC)c1)c1ccc(OCC(=O)O)cc1. The van der Waals surface area contributed by atoms with Gasteiger partial charge in [-0.05, 0) is 73.9 Å². The molecule has 42 heavy (non-hydrogen) atoms. The summed E-state index contributed by atoms with van der Waals surface area (Å²) in [4.78, 5) is 52.1. The van der Waals surface area contributed by atoms with Crippen molar-refractivity contribution in [1.82, 2.24) is 4.90 Å². The van der Waals surface area contributed by atoms with Crippen molar-refractivity contribution in [1.29, 1.82) is 0 Å². The molecule has 1 heterocycles. The number of rotatable bonds is 14. The zero-order chi connectivity index (χ0) is 30.9. The van der Waals surface area contributed by atoms with Crippen LogP contribution in [0.4, 0.5) is 0 Å². The van der Waals surface area contributed by atoms with E-state index >= 15 is 0 Å². The molecule has 1 aliphatic rings. The molecule has 2 aromatic carbocycles. The number of nitrogens with zero attached hydrogens (tertiary/aromatic N) is 1. The maximum absolute atomic E-state index is 13.6. The van der Waals surface area contributed by atoms with Gasteiger partial charge in [-0.25, -0.2) is 9.59 Å². The molecule has 10 heteroatoms. The van der Waals surface area contributed by atoms with Gasteiger partial charge >= 0.3 is 11.9 Å². The fraction of sp³-hybridized carbons (Fsp3) is 0.500. The average Bonchev–Trinajstić information content (AvgIpc) is 3.01. The van der Waals surface area contributed by atoms with Crippen LogP contribution in [0.2, 0.25) is 0 Å². The lowest BCUT2D eigenvalue weighted by molar-refractivity contribution is -0.164. The van der Waals surface area contributed by atoms with Gasteiger partial charge in [0.15, 0.2) is 18.1 Å². The molecule has 0 unspecified atom stereocenters. The van der Waals surface area contributed by atoms with Crippen molar-refractivity contribution in [2.45, 2.75) is 71.4 Å². The predicted octanol–water partition coefficient (Wildman–Crippen LogP) is 4.77. The van der Waals surface area contributed by atoms with Crippen molar-refractivity contribution in [2.75, 3.05) is 27.4 Å². The van der Waals surface area contributed by atoms with Gasteiger partial charge in [-0.3, -0.25) is 9.59 Å². The first-order valence-electron chi connectivity index (χ1n) is 14.2. The van der Waals surface area contributed by atoms with Gasteiger partial charge in [0.25, 0.3) is 5.91 Å². The second-order valence-corrected chi connectivity index (χ2v) is 11.0. The summed E-state index contributed by atoms with van der Waals surface area (Å²) in [6.45, 7) is 5.16. The number of hydrogen-bond acceptors (Lipinski definition) is 8. The van der Waals surface area contributed by atoms with Gasteiger partial charge in [0, 0.05) is 12.0 Å². The van der Waals surface area contributed by atoms with Crippen molar-refractivity contribution in [2.24, 2.45) is 5.41 Å². The highest BCUT2D eigenvalue weighted by Crippen LogP contribution is 2.32. The number of carbonyl (C=O) groups excluding carboxylic acids is 3. The van der Waals surface area contributed by atoms with Crippen LogP contribution >= 0.6 is 0 Å². The zero-order valence-electron chi connectivity index (χ0n) is 25.0. The number of carboxylic acids is 1. The normalized spacial score (nSPS) is 15.8. The maximum atomic E-state index is 13.6. The van der Waals surface area contributed by atoms with Crippen LogP contribution in [0, 0.1) is 5.41 Å². The Balaban J connectivity index is 1.84. The summed E-state index contributed by atoms with van der Waals surface area (Å²) in [7, 11) is 3.12. The molecule has 2 aromatic rings. The number of piperidine rings is 1. The van der Waals surface area contributed by atoms with E-state index in [-0.39, 0.29) is 0 Å². The van der Waals surface area contributed by atoms with Gasteiger partial charge in [-0.2, -0.15) is 0 Å². The number of Topliss-reactive ketones (excluding diaryl/α,β-unsaturated/α-hetero) is 1. The monoisotopic (exact) mass is 583 g/mol. The number of ether oxygens (including phenoxy) is 4. The Hall–Kier alpha value is -4.08. The highest BCUT2D eigenvalue weighted by atomic mass is 16.5. The molecule has 1 amide bonds. The van der Waals surface area contributed by atoms with E-state index in [1.807, 2.05) is 25.1 Å². The molecule has 0 saturated carbocycles. The van der Waals surface area contributed by atoms with Gasteiger partial charge in [0.1, 0.15) is 17.9 Å². The van der Waals surface area contributed by atoms with Crippen LogP contribution in [0.15, 0.2) is 42.5 Å². The van der Waals surface area contributed by atoms with Crippen molar-refractivity contribution >= 4 is 23.6 Å². The lowest BCUT2D eigenvalue weighted by Gasteiger charge is -2.36. The number of aliphatic carboxylic acids is 1. The summed E-state index contributed by atoms with van der Waals surface area (Å²) in [5.74, 6) is -1.26. The minimum Gasteiger partial charge on any atom is -0.493 e. The molecule has 0 aliphatic carbocycles. The lowest BCUT2D eigenvalue weighted by Crippen LogP contribution is -2.53. The number of aryl methyl sites for hydroxylation is 1. The number of esters is 1. The van der Waals surface area contributed by atoms with E-state index in [0.29, 0.717) is 61.5 Å². The Morgan fingerprint density at radius 2 is 1.69 bits per heavy atom.